The first-order chi connectivity index (χ1) is 12.9. The van der Waals surface area contributed by atoms with Crippen molar-refractivity contribution < 1.29 is 14.6 Å². The van der Waals surface area contributed by atoms with Crippen LogP contribution >= 0.6 is 0 Å². The maximum absolute atomic E-state index is 12.5. The molecule has 0 aromatic heterocycles. The first-order valence-corrected chi connectivity index (χ1v) is 9.45. The Morgan fingerprint density at radius 3 is 2.48 bits per heavy atom. The number of carbonyl (C=O) groups is 1. The molecule has 2 aromatic rings. The minimum absolute atomic E-state index is 0.129. The van der Waals surface area contributed by atoms with E-state index < -0.39 is 0 Å². The van der Waals surface area contributed by atoms with Crippen molar-refractivity contribution in [2.24, 2.45) is 0 Å². The number of rotatable bonds is 5. The van der Waals surface area contributed by atoms with Crippen molar-refractivity contribution in [3.63, 3.8) is 0 Å². The van der Waals surface area contributed by atoms with Gasteiger partial charge in [0.05, 0.1) is 12.2 Å². The van der Waals surface area contributed by atoms with Crippen molar-refractivity contribution >= 4 is 5.91 Å². The number of hydrogen-bond donors (Lipinski definition) is 2. The van der Waals surface area contributed by atoms with Crippen molar-refractivity contribution in [3.05, 3.63) is 64.7 Å². The number of aromatic hydroxyl groups is 1. The third kappa shape index (κ3) is 5.08. The van der Waals surface area contributed by atoms with Gasteiger partial charge in [0, 0.05) is 31.7 Å². The summed E-state index contributed by atoms with van der Waals surface area (Å²) in [7, 11) is 0. The quantitative estimate of drug-likeness (QED) is 0.851. The van der Waals surface area contributed by atoms with Gasteiger partial charge in [-0.2, -0.15) is 0 Å². The van der Waals surface area contributed by atoms with Crippen LogP contribution in [0.15, 0.2) is 42.5 Å². The Hall–Kier alpha value is -2.37. The summed E-state index contributed by atoms with van der Waals surface area (Å²) in [4.78, 5) is 14.9. The second-order valence-corrected chi connectivity index (χ2v) is 7.40. The van der Waals surface area contributed by atoms with Crippen LogP contribution in [-0.2, 0) is 17.8 Å². The van der Waals surface area contributed by atoms with Crippen molar-refractivity contribution in [1.29, 1.82) is 0 Å². The Bertz CT molecular complexity index is 796. The number of phenolic OH excluding ortho intramolecular Hbond substituents is 1. The molecule has 3 rings (SSSR count). The number of hydrogen-bond acceptors (Lipinski definition) is 4. The third-order valence-corrected chi connectivity index (χ3v) is 4.90. The van der Waals surface area contributed by atoms with Crippen LogP contribution in [0.2, 0.25) is 0 Å². The molecule has 5 heteroatoms. The maximum atomic E-state index is 12.5. The number of ether oxygens (including phenoxy) is 1. The van der Waals surface area contributed by atoms with E-state index in [0.717, 1.165) is 30.8 Å². The van der Waals surface area contributed by atoms with Gasteiger partial charge in [0.2, 0.25) is 0 Å². The number of morpholine rings is 1. The summed E-state index contributed by atoms with van der Waals surface area (Å²) < 4.78 is 5.82. The number of nitrogens with one attached hydrogen (secondary N) is 1. The van der Waals surface area contributed by atoms with Crippen molar-refractivity contribution in [2.45, 2.75) is 46.1 Å². The van der Waals surface area contributed by atoms with E-state index in [9.17, 15) is 9.90 Å². The molecule has 0 aliphatic carbocycles. The van der Waals surface area contributed by atoms with E-state index >= 15 is 0 Å². The highest BCUT2D eigenvalue weighted by molar-refractivity contribution is 5.95. The van der Waals surface area contributed by atoms with Crippen LogP contribution in [0.5, 0.6) is 5.75 Å². The van der Waals surface area contributed by atoms with Crippen molar-refractivity contribution in [1.82, 2.24) is 10.2 Å². The molecule has 27 heavy (non-hydrogen) atoms. The minimum Gasteiger partial charge on any atom is -0.508 e. The second kappa shape index (κ2) is 8.55. The Morgan fingerprint density at radius 1 is 1.15 bits per heavy atom. The monoisotopic (exact) mass is 368 g/mol. The fourth-order valence-electron chi connectivity index (χ4n) is 3.71. The SMILES string of the molecule is Cc1cc(O)ccc1C(=O)NCc1ccccc1CN1C[C@H](C)O[C@@H](C)C1. The molecular weight excluding hydrogens is 340 g/mol. The van der Waals surface area contributed by atoms with Crippen molar-refractivity contribution in [3.8, 4) is 5.75 Å². The predicted molar refractivity (Wildman–Crippen MR) is 106 cm³/mol. The lowest BCUT2D eigenvalue weighted by Gasteiger charge is -2.35. The average Bonchev–Trinajstić information content (AvgIpc) is 2.60. The summed E-state index contributed by atoms with van der Waals surface area (Å²) in [5.74, 6) is 0.0410. The van der Waals surface area contributed by atoms with Crippen LogP contribution in [0.25, 0.3) is 0 Å². The highest BCUT2D eigenvalue weighted by Crippen LogP contribution is 2.18. The largest absolute Gasteiger partial charge is 0.508 e. The van der Waals surface area contributed by atoms with Crippen LogP contribution < -0.4 is 5.32 Å². The van der Waals surface area contributed by atoms with Gasteiger partial charge >= 0.3 is 0 Å². The van der Waals surface area contributed by atoms with Gasteiger partial charge in [-0.15, -0.1) is 0 Å². The molecule has 5 nitrogen and oxygen atoms in total. The Kier molecular flexibility index (Phi) is 6.14. The molecule has 1 aliphatic heterocycles. The molecule has 0 radical (unpaired) electrons. The fourth-order valence-corrected chi connectivity index (χ4v) is 3.71. The van der Waals surface area contributed by atoms with Crippen LogP contribution in [-0.4, -0.2) is 41.2 Å². The zero-order valence-corrected chi connectivity index (χ0v) is 16.2. The number of nitrogens with zero attached hydrogens (tertiary/aromatic N) is 1. The minimum atomic E-state index is -0.129. The standard InChI is InChI=1S/C22H28N2O3/c1-15-10-20(25)8-9-21(15)22(26)23-11-18-6-4-5-7-19(18)14-24-12-16(2)27-17(3)13-24/h4-10,16-17,25H,11-14H2,1-3H3,(H,23,26)/t16-,17-/m0/s1. The molecular formula is C22H28N2O3. The number of benzene rings is 2. The van der Waals surface area contributed by atoms with Gasteiger partial charge in [0.1, 0.15) is 5.75 Å². The van der Waals surface area contributed by atoms with E-state index in [1.807, 2.05) is 19.1 Å². The molecule has 1 amide bonds. The Balaban J connectivity index is 1.66. The molecule has 1 saturated heterocycles. The summed E-state index contributed by atoms with van der Waals surface area (Å²) in [5.41, 5.74) is 3.69. The summed E-state index contributed by atoms with van der Waals surface area (Å²) in [6.45, 7) is 9.19. The highest BCUT2D eigenvalue weighted by Gasteiger charge is 2.22. The number of aryl methyl sites for hydroxylation is 1. The first-order valence-electron chi connectivity index (χ1n) is 9.45. The maximum Gasteiger partial charge on any atom is 0.251 e. The van der Waals surface area contributed by atoms with E-state index in [1.54, 1.807) is 12.1 Å². The first kappa shape index (κ1) is 19.4. The van der Waals surface area contributed by atoms with Crippen LogP contribution in [0.1, 0.15) is 40.9 Å². The molecule has 0 spiro atoms. The van der Waals surface area contributed by atoms with Gasteiger partial charge in [-0.05, 0) is 55.7 Å². The molecule has 2 atom stereocenters. The van der Waals surface area contributed by atoms with Crippen LogP contribution in [0, 0.1) is 6.92 Å². The normalized spacial score (nSPS) is 20.4. The molecule has 0 saturated carbocycles. The molecule has 144 valence electrons. The van der Waals surface area contributed by atoms with E-state index in [2.05, 4.69) is 36.2 Å². The second-order valence-electron chi connectivity index (χ2n) is 7.40. The lowest BCUT2D eigenvalue weighted by atomic mass is 10.0. The number of carbonyl (C=O) groups excluding carboxylic acids is 1. The van der Waals surface area contributed by atoms with Gasteiger partial charge in [-0.25, -0.2) is 0 Å². The van der Waals surface area contributed by atoms with Gasteiger partial charge in [0.25, 0.3) is 5.91 Å². The van der Waals surface area contributed by atoms with Gasteiger partial charge in [-0.3, -0.25) is 9.69 Å². The lowest BCUT2D eigenvalue weighted by Crippen LogP contribution is -2.45. The average molecular weight is 368 g/mol. The molecule has 2 N–H and O–H groups in total. The molecule has 1 fully saturated rings. The molecule has 2 aromatic carbocycles. The summed E-state index contributed by atoms with van der Waals surface area (Å²) in [5, 5.41) is 12.5. The van der Waals surface area contributed by atoms with Crippen molar-refractivity contribution in [2.75, 3.05) is 13.1 Å². The van der Waals surface area contributed by atoms with Crippen LogP contribution in [0.3, 0.4) is 0 Å². The number of amides is 1. The van der Waals surface area contributed by atoms with E-state index in [1.165, 1.54) is 11.6 Å². The smallest absolute Gasteiger partial charge is 0.251 e. The Morgan fingerprint density at radius 2 is 1.81 bits per heavy atom. The lowest BCUT2D eigenvalue weighted by molar-refractivity contribution is -0.0705. The van der Waals surface area contributed by atoms with E-state index in [0.29, 0.717) is 12.1 Å². The highest BCUT2D eigenvalue weighted by atomic mass is 16.5. The van der Waals surface area contributed by atoms with Crippen LogP contribution in [0.4, 0.5) is 0 Å². The van der Waals surface area contributed by atoms with E-state index in [4.69, 9.17) is 4.74 Å². The summed E-state index contributed by atoms with van der Waals surface area (Å²) >= 11 is 0. The Labute approximate surface area is 161 Å². The number of phenols is 1. The molecule has 0 unspecified atom stereocenters. The topological polar surface area (TPSA) is 61.8 Å². The van der Waals surface area contributed by atoms with Gasteiger partial charge < -0.3 is 15.2 Å². The van der Waals surface area contributed by atoms with Gasteiger partial charge in [0.15, 0.2) is 0 Å². The van der Waals surface area contributed by atoms with Gasteiger partial charge in [-0.1, -0.05) is 24.3 Å². The molecule has 0 bridgehead atoms. The zero-order valence-electron chi connectivity index (χ0n) is 16.2. The fraction of sp³-hybridized carbons (Fsp3) is 0.409. The van der Waals surface area contributed by atoms with E-state index in [-0.39, 0.29) is 23.9 Å². The summed E-state index contributed by atoms with van der Waals surface area (Å²) in [6, 6.07) is 13.0. The third-order valence-electron chi connectivity index (χ3n) is 4.90. The zero-order chi connectivity index (χ0) is 19.4. The summed E-state index contributed by atoms with van der Waals surface area (Å²) in [6.07, 6.45) is 0.469. The molecule has 1 heterocycles. The molecule has 1 aliphatic rings. The predicted octanol–water partition coefficient (Wildman–Crippen LogP) is 3.24.